The van der Waals surface area contributed by atoms with Gasteiger partial charge in [0.25, 0.3) is 5.56 Å². The highest BCUT2D eigenvalue weighted by atomic mass is 32.2. The molecule has 27 heavy (non-hydrogen) atoms. The number of benzene rings is 2. The van der Waals surface area contributed by atoms with Crippen molar-refractivity contribution in [3.63, 3.8) is 0 Å². The molecule has 0 radical (unpaired) electrons. The van der Waals surface area contributed by atoms with Crippen LogP contribution in [0.2, 0.25) is 0 Å². The summed E-state index contributed by atoms with van der Waals surface area (Å²) in [7, 11) is -1.09. The van der Waals surface area contributed by atoms with E-state index in [-0.39, 0.29) is 22.7 Å². The quantitative estimate of drug-likeness (QED) is 0.675. The van der Waals surface area contributed by atoms with Gasteiger partial charge in [0.05, 0.1) is 19.7 Å². The molecular weight excluding hydrogens is 368 g/mol. The molecule has 0 saturated carbocycles. The lowest BCUT2D eigenvalue weighted by molar-refractivity contribution is 0.392. The van der Waals surface area contributed by atoms with Gasteiger partial charge in [-0.1, -0.05) is 18.2 Å². The van der Waals surface area contributed by atoms with Crippen LogP contribution in [0.3, 0.4) is 0 Å². The molecule has 0 atom stereocenters. The predicted octanol–water partition coefficient (Wildman–Crippen LogP) is 2.33. The summed E-state index contributed by atoms with van der Waals surface area (Å²) in [5, 5.41) is 0.836. The average molecular weight is 388 g/mol. The smallest absolute Gasteiger partial charge is 0.252 e. The summed E-state index contributed by atoms with van der Waals surface area (Å²) in [6, 6.07) is 11.8. The summed E-state index contributed by atoms with van der Waals surface area (Å²) in [5.74, 6) is 0.571. The van der Waals surface area contributed by atoms with Gasteiger partial charge >= 0.3 is 0 Å². The molecule has 2 aromatic carbocycles. The van der Waals surface area contributed by atoms with Crippen LogP contribution in [0.4, 0.5) is 0 Å². The number of aromatic nitrogens is 1. The monoisotopic (exact) mass is 388 g/mol. The Bertz CT molecular complexity index is 1150. The van der Waals surface area contributed by atoms with E-state index in [0.29, 0.717) is 11.3 Å². The zero-order valence-corrected chi connectivity index (χ0v) is 16.0. The van der Waals surface area contributed by atoms with Crippen LogP contribution in [-0.2, 0) is 16.6 Å². The Morgan fingerprint density at radius 1 is 1.07 bits per heavy atom. The van der Waals surface area contributed by atoms with Crippen molar-refractivity contribution >= 4 is 20.9 Å². The number of hydrogen-bond acceptors (Lipinski definition) is 5. The van der Waals surface area contributed by atoms with Crippen molar-refractivity contribution in [1.82, 2.24) is 9.71 Å². The Kier molecular flexibility index (Phi) is 5.20. The third kappa shape index (κ3) is 3.81. The molecule has 0 bridgehead atoms. The number of rotatable bonds is 6. The van der Waals surface area contributed by atoms with E-state index in [1.807, 2.05) is 25.1 Å². The number of para-hydroxylation sites is 1. The van der Waals surface area contributed by atoms with E-state index in [4.69, 9.17) is 9.47 Å². The number of hydrogen-bond donors (Lipinski definition) is 2. The minimum Gasteiger partial charge on any atom is -0.497 e. The van der Waals surface area contributed by atoms with Crippen LogP contribution in [0.25, 0.3) is 10.9 Å². The van der Waals surface area contributed by atoms with E-state index in [9.17, 15) is 13.2 Å². The Balaban J connectivity index is 1.93. The first-order valence-electron chi connectivity index (χ1n) is 8.19. The molecule has 0 aliphatic carbocycles. The fraction of sp³-hybridized carbons (Fsp3) is 0.211. The molecule has 0 unspecified atom stereocenters. The van der Waals surface area contributed by atoms with Crippen molar-refractivity contribution in [3.8, 4) is 11.5 Å². The SMILES string of the molecule is COc1ccc(OC)c(S(=O)(=O)NCc2cc3cccc(C)c3[nH]c2=O)c1. The van der Waals surface area contributed by atoms with Gasteiger partial charge in [-0.2, -0.15) is 0 Å². The summed E-state index contributed by atoms with van der Waals surface area (Å²) in [4.78, 5) is 15.1. The van der Waals surface area contributed by atoms with Gasteiger partial charge in [0.15, 0.2) is 0 Å². The molecule has 3 aromatic rings. The van der Waals surface area contributed by atoms with E-state index in [0.717, 1.165) is 16.5 Å². The van der Waals surface area contributed by atoms with Gasteiger partial charge in [0, 0.05) is 18.2 Å². The lowest BCUT2D eigenvalue weighted by atomic mass is 10.1. The molecule has 1 aromatic heterocycles. The number of aromatic amines is 1. The van der Waals surface area contributed by atoms with Gasteiger partial charge in [-0.05, 0) is 36.1 Å². The first kappa shape index (κ1) is 18.9. The highest BCUT2D eigenvalue weighted by Crippen LogP contribution is 2.28. The van der Waals surface area contributed by atoms with Crippen molar-refractivity contribution in [1.29, 1.82) is 0 Å². The maximum atomic E-state index is 12.7. The van der Waals surface area contributed by atoms with E-state index in [1.165, 1.54) is 26.4 Å². The number of H-pyrrole nitrogens is 1. The minimum absolute atomic E-state index is 0.0580. The van der Waals surface area contributed by atoms with Crippen LogP contribution in [0, 0.1) is 6.92 Å². The number of nitrogens with one attached hydrogen (secondary N) is 2. The molecule has 0 amide bonds. The normalized spacial score (nSPS) is 11.5. The molecular formula is C19H20N2O5S. The van der Waals surface area contributed by atoms with Crippen LogP contribution < -0.4 is 19.8 Å². The molecule has 2 N–H and O–H groups in total. The molecule has 7 nitrogen and oxygen atoms in total. The Hall–Kier alpha value is -2.84. The number of pyridine rings is 1. The largest absolute Gasteiger partial charge is 0.497 e. The number of fused-ring (bicyclic) bond motifs is 1. The van der Waals surface area contributed by atoms with Crippen LogP contribution in [-0.4, -0.2) is 27.6 Å². The highest BCUT2D eigenvalue weighted by molar-refractivity contribution is 7.89. The molecule has 1 heterocycles. The summed E-state index contributed by atoms with van der Waals surface area (Å²) >= 11 is 0. The van der Waals surface area contributed by atoms with E-state index in [2.05, 4.69) is 9.71 Å². The van der Waals surface area contributed by atoms with Crippen molar-refractivity contribution in [2.75, 3.05) is 14.2 Å². The Morgan fingerprint density at radius 3 is 2.56 bits per heavy atom. The molecule has 0 fully saturated rings. The molecule has 0 saturated heterocycles. The zero-order valence-electron chi connectivity index (χ0n) is 15.2. The van der Waals surface area contributed by atoms with E-state index >= 15 is 0 Å². The second-order valence-electron chi connectivity index (χ2n) is 6.00. The third-order valence-electron chi connectivity index (χ3n) is 4.28. The minimum atomic E-state index is -3.92. The molecule has 8 heteroatoms. The Morgan fingerprint density at radius 2 is 1.85 bits per heavy atom. The summed E-state index contributed by atoms with van der Waals surface area (Å²) < 4.78 is 38.1. The average Bonchev–Trinajstić information content (AvgIpc) is 2.66. The summed E-state index contributed by atoms with van der Waals surface area (Å²) in [5.41, 5.74) is 1.66. The third-order valence-corrected chi connectivity index (χ3v) is 5.70. The van der Waals surface area contributed by atoms with Crippen molar-refractivity contribution in [3.05, 3.63) is 63.9 Å². The second kappa shape index (κ2) is 7.42. The van der Waals surface area contributed by atoms with Gasteiger partial charge in [-0.3, -0.25) is 4.79 Å². The van der Waals surface area contributed by atoms with Gasteiger partial charge in [-0.25, -0.2) is 13.1 Å². The first-order valence-corrected chi connectivity index (χ1v) is 9.67. The van der Waals surface area contributed by atoms with Gasteiger partial charge in [0.1, 0.15) is 16.4 Å². The highest BCUT2D eigenvalue weighted by Gasteiger charge is 2.21. The van der Waals surface area contributed by atoms with Gasteiger partial charge in [0.2, 0.25) is 10.0 Å². The molecule has 0 aliphatic rings. The summed E-state index contributed by atoms with van der Waals surface area (Å²) in [6.07, 6.45) is 0. The zero-order chi connectivity index (χ0) is 19.6. The predicted molar refractivity (Wildman–Crippen MR) is 103 cm³/mol. The Labute approximate surface area is 157 Å². The van der Waals surface area contributed by atoms with Gasteiger partial charge in [-0.15, -0.1) is 0 Å². The second-order valence-corrected chi connectivity index (χ2v) is 7.74. The van der Waals surface area contributed by atoms with Crippen LogP contribution >= 0.6 is 0 Å². The number of methoxy groups -OCH3 is 2. The summed E-state index contributed by atoms with van der Waals surface area (Å²) in [6.45, 7) is 1.75. The van der Waals surface area contributed by atoms with Crippen molar-refractivity contribution in [2.24, 2.45) is 0 Å². The number of ether oxygens (including phenoxy) is 2. The fourth-order valence-corrected chi connectivity index (χ4v) is 3.99. The molecule has 0 spiro atoms. The van der Waals surface area contributed by atoms with Crippen molar-refractivity contribution < 1.29 is 17.9 Å². The van der Waals surface area contributed by atoms with Crippen LogP contribution in [0.1, 0.15) is 11.1 Å². The maximum absolute atomic E-state index is 12.7. The maximum Gasteiger partial charge on any atom is 0.252 e. The number of sulfonamides is 1. The lowest BCUT2D eigenvalue weighted by Gasteiger charge is -2.12. The van der Waals surface area contributed by atoms with Crippen molar-refractivity contribution in [2.45, 2.75) is 18.4 Å². The molecule has 3 rings (SSSR count). The van der Waals surface area contributed by atoms with Crippen LogP contribution in [0.15, 0.2) is 52.2 Å². The van der Waals surface area contributed by atoms with Gasteiger partial charge < -0.3 is 14.5 Å². The first-order chi connectivity index (χ1) is 12.9. The van der Waals surface area contributed by atoms with E-state index < -0.39 is 10.0 Å². The standard InChI is InChI=1S/C19H20N2O5S/c1-12-5-4-6-13-9-14(19(22)21-18(12)13)11-20-27(23,24)17-10-15(25-2)7-8-16(17)26-3/h4-10,20H,11H2,1-3H3,(H,21,22). The molecule has 0 aliphatic heterocycles. The molecule has 142 valence electrons. The lowest BCUT2D eigenvalue weighted by Crippen LogP contribution is -2.27. The topological polar surface area (TPSA) is 97.5 Å². The fourth-order valence-electron chi connectivity index (χ4n) is 2.80. The number of aryl methyl sites for hydroxylation is 1. The van der Waals surface area contributed by atoms with E-state index in [1.54, 1.807) is 12.1 Å². The van der Waals surface area contributed by atoms with Crippen LogP contribution in [0.5, 0.6) is 11.5 Å².